The second kappa shape index (κ2) is 9.24. The first-order valence-electron chi connectivity index (χ1n) is 9.19. The third-order valence-electron chi connectivity index (χ3n) is 4.26. The van der Waals surface area contributed by atoms with Gasteiger partial charge in [-0.2, -0.15) is 13.2 Å². The number of rotatable bonds is 6. The van der Waals surface area contributed by atoms with Crippen molar-refractivity contribution in [3.8, 4) is 17.2 Å². The van der Waals surface area contributed by atoms with Crippen LogP contribution in [0.5, 0.6) is 17.2 Å². The van der Waals surface area contributed by atoms with Crippen LogP contribution in [0.4, 0.5) is 13.2 Å². The Morgan fingerprint density at radius 1 is 0.968 bits per heavy atom. The van der Waals surface area contributed by atoms with E-state index in [2.05, 4.69) is 0 Å². The van der Waals surface area contributed by atoms with Crippen molar-refractivity contribution >= 4 is 39.9 Å². The smallest absolute Gasteiger partial charge is 0.416 e. The highest BCUT2D eigenvalue weighted by molar-refractivity contribution is 6.37. The zero-order valence-corrected chi connectivity index (χ0v) is 17.9. The highest BCUT2D eigenvalue weighted by atomic mass is 35.5. The second-order valence-electron chi connectivity index (χ2n) is 6.55. The van der Waals surface area contributed by atoms with Gasteiger partial charge in [0.1, 0.15) is 11.5 Å². The van der Waals surface area contributed by atoms with Crippen molar-refractivity contribution in [1.29, 1.82) is 0 Å². The van der Waals surface area contributed by atoms with Gasteiger partial charge in [0.2, 0.25) is 0 Å². The number of fused-ring (bicyclic) bond motifs is 1. The van der Waals surface area contributed by atoms with E-state index in [1.54, 1.807) is 50.2 Å². The molecule has 3 aromatic rings. The fraction of sp³-hybridized carbons (Fsp3) is 0.227. The van der Waals surface area contributed by atoms with Crippen LogP contribution in [-0.4, -0.2) is 18.7 Å². The molecule has 0 radical (unpaired) electrons. The van der Waals surface area contributed by atoms with Gasteiger partial charge in [-0.25, -0.2) is 4.79 Å². The first-order chi connectivity index (χ1) is 14.6. The average Bonchev–Trinajstić information content (AvgIpc) is 2.69. The number of halogens is 5. The van der Waals surface area contributed by atoms with E-state index < -0.39 is 23.8 Å². The van der Waals surface area contributed by atoms with E-state index in [9.17, 15) is 18.0 Å². The van der Waals surface area contributed by atoms with Crippen LogP contribution in [0.3, 0.4) is 0 Å². The number of carbonyl (C=O) groups is 1. The van der Waals surface area contributed by atoms with E-state index in [4.69, 9.17) is 37.4 Å². The molecular weight excluding hydrogens is 456 g/mol. The molecule has 1 unspecified atom stereocenters. The lowest BCUT2D eigenvalue weighted by molar-refractivity contribution is -0.150. The molecule has 0 aliphatic heterocycles. The van der Waals surface area contributed by atoms with Crippen LogP contribution in [0.15, 0.2) is 48.5 Å². The van der Waals surface area contributed by atoms with Gasteiger partial charge in [-0.05, 0) is 61.0 Å². The summed E-state index contributed by atoms with van der Waals surface area (Å²) >= 11 is 11.9. The monoisotopic (exact) mass is 472 g/mol. The molecule has 0 amide bonds. The molecule has 0 saturated carbocycles. The van der Waals surface area contributed by atoms with Crippen molar-refractivity contribution in [3.05, 3.63) is 64.1 Å². The van der Waals surface area contributed by atoms with Crippen molar-refractivity contribution in [2.24, 2.45) is 0 Å². The molecule has 0 N–H and O–H groups in total. The standard InChI is InChI=1S/C22H17Cl2F3O4/c1-3-29-21(28)12(2)30-16-6-4-13-5-7-17(9-14(13)8-16)31-20-18(23)10-15(11-19(20)24)22(25,26)27/h4-12H,3H2,1-2H3. The Balaban J connectivity index is 1.86. The van der Waals surface area contributed by atoms with Crippen molar-refractivity contribution in [1.82, 2.24) is 0 Å². The van der Waals surface area contributed by atoms with Crippen molar-refractivity contribution in [2.75, 3.05) is 6.61 Å². The van der Waals surface area contributed by atoms with E-state index in [0.29, 0.717) is 16.9 Å². The van der Waals surface area contributed by atoms with Crippen LogP contribution in [0, 0.1) is 0 Å². The van der Waals surface area contributed by atoms with E-state index in [1.165, 1.54) is 0 Å². The predicted molar refractivity (Wildman–Crippen MR) is 112 cm³/mol. The fourth-order valence-corrected chi connectivity index (χ4v) is 3.35. The van der Waals surface area contributed by atoms with Crippen LogP contribution >= 0.6 is 23.2 Å². The summed E-state index contributed by atoms with van der Waals surface area (Å²) in [5.41, 5.74) is -0.967. The molecule has 164 valence electrons. The van der Waals surface area contributed by atoms with Gasteiger partial charge in [0.15, 0.2) is 11.9 Å². The number of esters is 1. The summed E-state index contributed by atoms with van der Waals surface area (Å²) in [6, 6.07) is 11.8. The van der Waals surface area contributed by atoms with Gasteiger partial charge in [0.25, 0.3) is 0 Å². The number of alkyl halides is 3. The summed E-state index contributed by atoms with van der Waals surface area (Å²) in [7, 11) is 0. The summed E-state index contributed by atoms with van der Waals surface area (Å²) in [6.45, 7) is 3.54. The lowest BCUT2D eigenvalue weighted by Gasteiger charge is -2.15. The quantitative estimate of drug-likeness (QED) is 0.353. The number of hydrogen-bond donors (Lipinski definition) is 0. The van der Waals surface area contributed by atoms with Crippen LogP contribution in [0.2, 0.25) is 10.0 Å². The first-order valence-corrected chi connectivity index (χ1v) is 9.95. The Bertz CT molecular complexity index is 1090. The Morgan fingerprint density at radius 2 is 1.55 bits per heavy atom. The largest absolute Gasteiger partial charge is 0.479 e. The Morgan fingerprint density at radius 3 is 2.13 bits per heavy atom. The molecule has 3 rings (SSSR count). The number of carbonyl (C=O) groups excluding carboxylic acids is 1. The Hall–Kier alpha value is -2.64. The van der Waals surface area contributed by atoms with Gasteiger partial charge >= 0.3 is 12.1 Å². The molecule has 0 heterocycles. The predicted octanol–water partition coefficient (Wildman–Crippen LogP) is 7.29. The summed E-state index contributed by atoms with van der Waals surface area (Å²) in [5, 5.41) is 1.04. The first kappa shape index (κ1) is 23.0. The van der Waals surface area contributed by atoms with E-state index in [1.807, 2.05) is 0 Å². The van der Waals surface area contributed by atoms with Crippen LogP contribution in [0.25, 0.3) is 10.8 Å². The maximum Gasteiger partial charge on any atom is 0.416 e. The van der Waals surface area contributed by atoms with Crippen LogP contribution in [-0.2, 0) is 15.7 Å². The molecule has 1 atom stereocenters. The molecule has 9 heteroatoms. The number of hydrogen-bond acceptors (Lipinski definition) is 4. The molecule has 0 bridgehead atoms. The van der Waals surface area contributed by atoms with Crippen molar-refractivity contribution in [2.45, 2.75) is 26.1 Å². The lowest BCUT2D eigenvalue weighted by atomic mass is 10.1. The van der Waals surface area contributed by atoms with Crippen LogP contribution < -0.4 is 9.47 Å². The summed E-state index contributed by atoms with van der Waals surface area (Å²) in [4.78, 5) is 11.8. The molecule has 4 nitrogen and oxygen atoms in total. The molecule has 31 heavy (non-hydrogen) atoms. The highest BCUT2D eigenvalue weighted by Crippen LogP contribution is 2.42. The van der Waals surface area contributed by atoms with E-state index in [0.717, 1.165) is 17.5 Å². The maximum atomic E-state index is 12.9. The summed E-state index contributed by atoms with van der Waals surface area (Å²) in [5.74, 6) is 0.188. The van der Waals surface area contributed by atoms with Crippen LogP contribution in [0.1, 0.15) is 19.4 Å². The molecule has 0 saturated heterocycles. The topological polar surface area (TPSA) is 44.8 Å². The Labute approximate surface area is 186 Å². The van der Waals surface area contributed by atoms with Gasteiger partial charge in [0, 0.05) is 0 Å². The van der Waals surface area contributed by atoms with Gasteiger partial charge in [-0.15, -0.1) is 0 Å². The van der Waals surface area contributed by atoms with Gasteiger partial charge in [0.05, 0.1) is 22.2 Å². The van der Waals surface area contributed by atoms with E-state index in [-0.39, 0.29) is 22.4 Å². The molecule has 0 aromatic heterocycles. The van der Waals surface area contributed by atoms with Gasteiger partial charge < -0.3 is 14.2 Å². The van der Waals surface area contributed by atoms with Crippen molar-refractivity contribution in [3.63, 3.8) is 0 Å². The average molecular weight is 473 g/mol. The SMILES string of the molecule is CCOC(=O)C(C)Oc1ccc2ccc(Oc3c(Cl)cc(C(F)(F)F)cc3Cl)cc2c1. The molecule has 3 aromatic carbocycles. The van der Waals surface area contributed by atoms with Crippen molar-refractivity contribution < 1.29 is 32.2 Å². The van der Waals surface area contributed by atoms with Gasteiger partial charge in [-0.1, -0.05) is 35.3 Å². The maximum absolute atomic E-state index is 12.9. The molecule has 0 fully saturated rings. The van der Waals surface area contributed by atoms with Gasteiger partial charge in [-0.3, -0.25) is 0 Å². The summed E-state index contributed by atoms with van der Waals surface area (Å²) in [6.07, 6.45) is -5.37. The molecule has 0 spiro atoms. The normalized spacial score (nSPS) is 12.5. The minimum absolute atomic E-state index is 0.0842. The number of ether oxygens (including phenoxy) is 3. The minimum Gasteiger partial charge on any atom is -0.479 e. The minimum atomic E-state index is -4.58. The third-order valence-corrected chi connectivity index (χ3v) is 4.82. The lowest BCUT2D eigenvalue weighted by Crippen LogP contribution is -2.26. The molecule has 0 aliphatic carbocycles. The fourth-order valence-electron chi connectivity index (χ4n) is 2.79. The summed E-state index contributed by atoms with van der Waals surface area (Å²) < 4.78 is 54.9. The number of benzene rings is 3. The zero-order chi connectivity index (χ0) is 22.8. The third kappa shape index (κ3) is 5.54. The molecular formula is C22H17Cl2F3O4. The van der Waals surface area contributed by atoms with E-state index >= 15 is 0 Å². The zero-order valence-electron chi connectivity index (χ0n) is 16.4. The highest BCUT2D eigenvalue weighted by Gasteiger charge is 2.32. The molecule has 0 aliphatic rings. The Kier molecular flexibility index (Phi) is 6.86. The second-order valence-corrected chi connectivity index (χ2v) is 7.37.